The lowest BCUT2D eigenvalue weighted by molar-refractivity contribution is 0.112. The fourth-order valence-electron chi connectivity index (χ4n) is 2.61. The molecule has 1 aliphatic heterocycles. The lowest BCUT2D eigenvalue weighted by Gasteiger charge is -2.18. The topological polar surface area (TPSA) is 52.8 Å². The lowest BCUT2D eigenvalue weighted by Crippen LogP contribution is -2.15. The van der Waals surface area contributed by atoms with E-state index in [-0.39, 0.29) is 0 Å². The van der Waals surface area contributed by atoms with Gasteiger partial charge in [-0.05, 0) is 36.8 Å². The first-order valence-electron chi connectivity index (χ1n) is 7.09. The summed E-state index contributed by atoms with van der Waals surface area (Å²) in [6.07, 6.45) is 4.57. The Morgan fingerprint density at radius 1 is 1.14 bits per heavy atom. The highest BCUT2D eigenvalue weighted by molar-refractivity contribution is 5.78. The van der Waals surface area contributed by atoms with Crippen LogP contribution in [0.2, 0.25) is 0 Å². The van der Waals surface area contributed by atoms with E-state index in [1.165, 1.54) is 0 Å². The second kappa shape index (κ2) is 4.87. The van der Waals surface area contributed by atoms with Crippen LogP contribution in [0.1, 0.15) is 15.9 Å². The second-order valence-corrected chi connectivity index (χ2v) is 5.28. The van der Waals surface area contributed by atoms with Crippen molar-refractivity contribution in [1.29, 1.82) is 0 Å². The number of imidazole rings is 1. The summed E-state index contributed by atoms with van der Waals surface area (Å²) < 4.78 is 13.0. The Balaban J connectivity index is 1.82. The zero-order valence-corrected chi connectivity index (χ0v) is 12.1. The summed E-state index contributed by atoms with van der Waals surface area (Å²) in [6, 6.07) is 7.70. The third-order valence-electron chi connectivity index (χ3n) is 3.80. The molecule has 0 amide bonds. The van der Waals surface area contributed by atoms with Gasteiger partial charge in [-0.3, -0.25) is 4.79 Å². The van der Waals surface area contributed by atoms with Gasteiger partial charge in [0.15, 0.2) is 17.8 Å². The Hall–Kier alpha value is -2.82. The predicted molar refractivity (Wildman–Crippen MR) is 81.7 cm³/mol. The Morgan fingerprint density at radius 3 is 2.77 bits per heavy atom. The molecule has 3 aromatic rings. The van der Waals surface area contributed by atoms with Crippen molar-refractivity contribution in [1.82, 2.24) is 9.38 Å². The number of pyridine rings is 1. The quantitative estimate of drug-likeness (QED) is 0.682. The molecule has 3 heterocycles. The molecule has 1 aromatic carbocycles. The molecule has 0 bridgehead atoms. The van der Waals surface area contributed by atoms with E-state index in [1.807, 2.05) is 41.8 Å². The lowest BCUT2D eigenvalue weighted by atomic mass is 10.1. The number of nitrogens with zero attached hydrogens (tertiary/aromatic N) is 2. The molecule has 22 heavy (non-hydrogen) atoms. The van der Waals surface area contributed by atoms with Crippen LogP contribution in [-0.2, 0) is 0 Å². The van der Waals surface area contributed by atoms with Gasteiger partial charge in [-0.25, -0.2) is 4.98 Å². The SMILES string of the molecule is Cc1cc2nc(-c3ccc4c(c3)OCCO4)cn2cc1C=O. The summed E-state index contributed by atoms with van der Waals surface area (Å²) in [4.78, 5) is 15.7. The molecular weight excluding hydrogens is 280 g/mol. The summed E-state index contributed by atoms with van der Waals surface area (Å²) in [7, 11) is 0. The second-order valence-electron chi connectivity index (χ2n) is 5.28. The number of aromatic nitrogens is 2. The molecule has 4 rings (SSSR count). The van der Waals surface area contributed by atoms with Crippen molar-refractivity contribution in [2.75, 3.05) is 13.2 Å². The number of fused-ring (bicyclic) bond motifs is 2. The highest BCUT2D eigenvalue weighted by atomic mass is 16.6. The van der Waals surface area contributed by atoms with Gasteiger partial charge in [0.25, 0.3) is 0 Å². The molecule has 0 radical (unpaired) electrons. The highest BCUT2D eigenvalue weighted by Crippen LogP contribution is 2.34. The Morgan fingerprint density at radius 2 is 1.95 bits per heavy atom. The molecule has 1 aliphatic rings. The summed E-state index contributed by atoms with van der Waals surface area (Å²) in [5, 5.41) is 0. The summed E-state index contributed by atoms with van der Waals surface area (Å²) >= 11 is 0. The zero-order valence-electron chi connectivity index (χ0n) is 12.1. The number of aryl methyl sites for hydroxylation is 1. The molecule has 0 atom stereocenters. The van der Waals surface area contributed by atoms with Crippen LogP contribution in [0.25, 0.3) is 16.9 Å². The van der Waals surface area contributed by atoms with Gasteiger partial charge in [0, 0.05) is 23.5 Å². The van der Waals surface area contributed by atoms with Crippen LogP contribution in [0, 0.1) is 6.92 Å². The van der Waals surface area contributed by atoms with E-state index in [4.69, 9.17) is 9.47 Å². The Bertz CT molecular complexity index is 883. The third kappa shape index (κ3) is 2.02. The van der Waals surface area contributed by atoms with E-state index in [1.54, 1.807) is 6.20 Å². The van der Waals surface area contributed by atoms with E-state index >= 15 is 0 Å². The van der Waals surface area contributed by atoms with Gasteiger partial charge in [0.05, 0.1) is 5.69 Å². The monoisotopic (exact) mass is 294 g/mol. The minimum Gasteiger partial charge on any atom is -0.486 e. The summed E-state index contributed by atoms with van der Waals surface area (Å²) in [5.41, 5.74) is 4.19. The fourth-order valence-corrected chi connectivity index (χ4v) is 2.61. The molecular formula is C17H14N2O3. The van der Waals surface area contributed by atoms with Gasteiger partial charge < -0.3 is 13.9 Å². The maximum absolute atomic E-state index is 11.0. The van der Waals surface area contributed by atoms with Crippen LogP contribution in [0.5, 0.6) is 11.5 Å². The first-order chi connectivity index (χ1) is 10.7. The first-order valence-corrected chi connectivity index (χ1v) is 7.09. The number of ether oxygens (including phenoxy) is 2. The molecule has 0 saturated heterocycles. The number of hydrogen-bond acceptors (Lipinski definition) is 4. The normalized spacial score (nSPS) is 13.3. The molecule has 0 saturated carbocycles. The molecule has 0 spiro atoms. The van der Waals surface area contributed by atoms with Crippen molar-refractivity contribution in [3.63, 3.8) is 0 Å². The first kappa shape index (κ1) is 12.9. The van der Waals surface area contributed by atoms with E-state index in [9.17, 15) is 4.79 Å². The minimum absolute atomic E-state index is 0.559. The van der Waals surface area contributed by atoms with Crippen molar-refractivity contribution < 1.29 is 14.3 Å². The fraction of sp³-hybridized carbons (Fsp3) is 0.176. The standard InChI is InChI=1S/C17H14N2O3/c1-11-6-17-18-14(9-19(17)8-13(11)10-20)12-2-3-15-16(7-12)22-5-4-21-15/h2-3,6-10H,4-5H2,1H3. The predicted octanol–water partition coefficient (Wildman–Crippen LogP) is 2.89. The number of aldehydes is 1. The maximum Gasteiger partial charge on any atom is 0.162 e. The number of hydrogen-bond donors (Lipinski definition) is 0. The van der Waals surface area contributed by atoms with Gasteiger partial charge in [-0.1, -0.05) is 0 Å². The molecule has 0 unspecified atom stereocenters. The van der Waals surface area contributed by atoms with E-state index in [0.29, 0.717) is 18.8 Å². The average Bonchev–Trinajstić information content (AvgIpc) is 2.96. The number of carbonyl (C=O) groups excluding carboxylic acids is 1. The van der Waals surface area contributed by atoms with Gasteiger partial charge in [0.2, 0.25) is 0 Å². The van der Waals surface area contributed by atoms with Crippen LogP contribution >= 0.6 is 0 Å². The van der Waals surface area contributed by atoms with Crippen LogP contribution in [0.3, 0.4) is 0 Å². The van der Waals surface area contributed by atoms with Crippen molar-refractivity contribution in [2.24, 2.45) is 0 Å². The number of benzene rings is 1. The van der Waals surface area contributed by atoms with Crippen molar-refractivity contribution in [3.8, 4) is 22.8 Å². The molecule has 5 nitrogen and oxygen atoms in total. The van der Waals surface area contributed by atoms with Crippen LogP contribution in [0.15, 0.2) is 36.7 Å². The molecule has 0 aliphatic carbocycles. The van der Waals surface area contributed by atoms with Crippen LogP contribution in [-0.4, -0.2) is 28.9 Å². The molecule has 0 fully saturated rings. The zero-order chi connectivity index (χ0) is 15.1. The number of carbonyl (C=O) groups is 1. The molecule has 0 N–H and O–H groups in total. The highest BCUT2D eigenvalue weighted by Gasteiger charge is 2.14. The van der Waals surface area contributed by atoms with E-state index < -0.39 is 0 Å². The van der Waals surface area contributed by atoms with Crippen molar-refractivity contribution >= 4 is 11.9 Å². The van der Waals surface area contributed by atoms with Gasteiger partial charge in [-0.15, -0.1) is 0 Å². The Kier molecular flexibility index (Phi) is 2.85. The van der Waals surface area contributed by atoms with E-state index in [2.05, 4.69) is 4.98 Å². The van der Waals surface area contributed by atoms with Gasteiger partial charge in [0.1, 0.15) is 18.9 Å². The smallest absolute Gasteiger partial charge is 0.162 e. The van der Waals surface area contributed by atoms with E-state index in [0.717, 1.165) is 40.3 Å². The molecule has 2 aromatic heterocycles. The van der Waals surface area contributed by atoms with Gasteiger partial charge in [-0.2, -0.15) is 0 Å². The van der Waals surface area contributed by atoms with Gasteiger partial charge >= 0.3 is 0 Å². The molecule has 5 heteroatoms. The summed E-state index contributed by atoms with van der Waals surface area (Å²) in [6.45, 7) is 3.04. The summed E-state index contributed by atoms with van der Waals surface area (Å²) in [5.74, 6) is 1.50. The average molecular weight is 294 g/mol. The van der Waals surface area contributed by atoms with Crippen LogP contribution in [0.4, 0.5) is 0 Å². The third-order valence-corrected chi connectivity index (χ3v) is 3.80. The maximum atomic E-state index is 11.0. The van der Waals surface area contributed by atoms with Crippen molar-refractivity contribution in [3.05, 3.63) is 47.8 Å². The minimum atomic E-state index is 0.559. The number of rotatable bonds is 2. The van der Waals surface area contributed by atoms with Crippen molar-refractivity contribution in [2.45, 2.75) is 6.92 Å². The largest absolute Gasteiger partial charge is 0.486 e. The van der Waals surface area contributed by atoms with Crippen LogP contribution < -0.4 is 9.47 Å². The molecule has 110 valence electrons. The Labute approximate surface area is 127 Å².